The van der Waals surface area contributed by atoms with Gasteiger partial charge in [-0.05, 0) is 30.7 Å². The molecule has 4 aromatic rings. The van der Waals surface area contributed by atoms with Crippen LogP contribution >= 0.6 is 0 Å². The van der Waals surface area contributed by atoms with E-state index < -0.39 is 0 Å². The van der Waals surface area contributed by atoms with Gasteiger partial charge in [0, 0.05) is 18.3 Å². The summed E-state index contributed by atoms with van der Waals surface area (Å²) in [5, 5.41) is 17.7. The molecule has 7 nitrogen and oxygen atoms in total. The molecule has 0 bridgehead atoms. The van der Waals surface area contributed by atoms with Crippen molar-refractivity contribution in [1.82, 2.24) is 25.2 Å². The Bertz CT molecular complexity index is 1090. The Morgan fingerprint density at radius 3 is 2.78 bits per heavy atom. The molecule has 0 aliphatic carbocycles. The molecule has 27 heavy (non-hydrogen) atoms. The zero-order valence-electron chi connectivity index (χ0n) is 15.2. The SMILES string of the molecule is CCCCCn1[nH]c(-c2c(Nc3ccccc3)ccc3[nH]nnc23)cc1=O. The number of nitrogens with one attached hydrogen (secondary N) is 3. The summed E-state index contributed by atoms with van der Waals surface area (Å²) >= 11 is 0. The van der Waals surface area contributed by atoms with Crippen LogP contribution in [0.1, 0.15) is 26.2 Å². The molecule has 0 radical (unpaired) electrons. The number of aromatic amines is 2. The molecule has 2 heterocycles. The van der Waals surface area contributed by atoms with Crippen molar-refractivity contribution in [3.05, 3.63) is 58.9 Å². The van der Waals surface area contributed by atoms with Crippen molar-refractivity contribution in [3.8, 4) is 11.3 Å². The van der Waals surface area contributed by atoms with E-state index in [0.717, 1.165) is 52.9 Å². The van der Waals surface area contributed by atoms with Crippen LogP contribution in [0, 0.1) is 0 Å². The highest BCUT2D eigenvalue weighted by Crippen LogP contribution is 2.34. The summed E-state index contributed by atoms with van der Waals surface area (Å²) in [4.78, 5) is 12.4. The minimum atomic E-state index is -0.0349. The van der Waals surface area contributed by atoms with E-state index >= 15 is 0 Å². The average molecular weight is 362 g/mol. The summed E-state index contributed by atoms with van der Waals surface area (Å²) in [7, 11) is 0. The van der Waals surface area contributed by atoms with Gasteiger partial charge in [0.1, 0.15) is 5.52 Å². The lowest BCUT2D eigenvalue weighted by atomic mass is 10.1. The molecule has 0 unspecified atom stereocenters. The van der Waals surface area contributed by atoms with Gasteiger partial charge in [-0.2, -0.15) is 0 Å². The summed E-state index contributed by atoms with van der Waals surface area (Å²) in [6.07, 6.45) is 3.19. The minimum absolute atomic E-state index is 0.0349. The van der Waals surface area contributed by atoms with Gasteiger partial charge < -0.3 is 5.32 Å². The number of fused-ring (bicyclic) bond motifs is 1. The van der Waals surface area contributed by atoms with Crippen LogP contribution in [0.3, 0.4) is 0 Å². The average Bonchev–Trinajstić information content (AvgIpc) is 3.29. The van der Waals surface area contributed by atoms with Crippen molar-refractivity contribution in [2.75, 3.05) is 5.32 Å². The van der Waals surface area contributed by atoms with Crippen molar-refractivity contribution in [1.29, 1.82) is 0 Å². The van der Waals surface area contributed by atoms with E-state index in [4.69, 9.17) is 0 Å². The van der Waals surface area contributed by atoms with Gasteiger partial charge in [0.25, 0.3) is 5.56 Å². The smallest absolute Gasteiger partial charge is 0.267 e. The maximum Gasteiger partial charge on any atom is 0.267 e. The number of aromatic nitrogens is 5. The molecule has 0 fully saturated rings. The van der Waals surface area contributed by atoms with Crippen LogP contribution in [-0.4, -0.2) is 25.2 Å². The largest absolute Gasteiger partial charge is 0.355 e. The predicted octanol–water partition coefficient (Wildman–Crippen LogP) is 4.05. The lowest BCUT2D eigenvalue weighted by Gasteiger charge is -2.12. The number of anilines is 2. The van der Waals surface area contributed by atoms with Crippen LogP contribution < -0.4 is 10.9 Å². The Morgan fingerprint density at radius 2 is 1.96 bits per heavy atom. The molecule has 0 aliphatic rings. The zero-order chi connectivity index (χ0) is 18.6. The Morgan fingerprint density at radius 1 is 1.11 bits per heavy atom. The van der Waals surface area contributed by atoms with Crippen LogP contribution in [0.2, 0.25) is 0 Å². The quantitative estimate of drug-likeness (QED) is 0.433. The van der Waals surface area contributed by atoms with E-state index in [2.05, 4.69) is 32.7 Å². The minimum Gasteiger partial charge on any atom is -0.355 e. The molecule has 0 atom stereocenters. The van der Waals surface area contributed by atoms with E-state index in [1.165, 1.54) is 0 Å². The fourth-order valence-corrected chi connectivity index (χ4v) is 3.22. The van der Waals surface area contributed by atoms with E-state index in [9.17, 15) is 4.79 Å². The number of hydrogen-bond acceptors (Lipinski definition) is 4. The summed E-state index contributed by atoms with van der Waals surface area (Å²) in [6.45, 7) is 2.83. The molecule has 2 aromatic carbocycles. The van der Waals surface area contributed by atoms with Crippen molar-refractivity contribution in [2.24, 2.45) is 0 Å². The molecule has 7 heteroatoms. The molecule has 0 saturated carbocycles. The standard InChI is InChI=1S/C20H22N6O/c1-2-3-7-12-26-18(27)13-17(24-26)19-15(21-14-8-5-4-6-9-14)10-11-16-20(19)23-25-22-16/h4-6,8-11,13,21,24H,2-3,7,12H2,1H3,(H,22,23,25). The number of rotatable bonds is 7. The highest BCUT2D eigenvalue weighted by molar-refractivity contribution is 5.98. The van der Waals surface area contributed by atoms with E-state index in [-0.39, 0.29) is 5.56 Å². The van der Waals surface area contributed by atoms with Gasteiger partial charge in [-0.3, -0.25) is 19.7 Å². The number of nitrogens with zero attached hydrogens (tertiary/aromatic N) is 3. The maximum atomic E-state index is 12.4. The predicted molar refractivity (Wildman–Crippen MR) is 107 cm³/mol. The molecule has 4 rings (SSSR count). The highest BCUT2D eigenvalue weighted by atomic mass is 16.1. The zero-order valence-corrected chi connectivity index (χ0v) is 15.2. The number of para-hydroxylation sites is 1. The lowest BCUT2D eigenvalue weighted by molar-refractivity contribution is 0.542. The second-order valence-electron chi connectivity index (χ2n) is 6.55. The summed E-state index contributed by atoms with van der Waals surface area (Å²) in [5.74, 6) is 0. The van der Waals surface area contributed by atoms with Crippen LogP contribution in [0.4, 0.5) is 11.4 Å². The van der Waals surface area contributed by atoms with Gasteiger partial charge >= 0.3 is 0 Å². The molecule has 138 valence electrons. The van der Waals surface area contributed by atoms with Crippen LogP contribution in [0.25, 0.3) is 22.3 Å². The molecular weight excluding hydrogens is 340 g/mol. The lowest BCUT2D eigenvalue weighted by Crippen LogP contribution is -2.15. The van der Waals surface area contributed by atoms with Crippen LogP contribution in [0.5, 0.6) is 0 Å². The van der Waals surface area contributed by atoms with Gasteiger partial charge in [-0.1, -0.05) is 43.2 Å². The third kappa shape index (κ3) is 3.48. The van der Waals surface area contributed by atoms with Gasteiger partial charge in [0.2, 0.25) is 0 Å². The monoisotopic (exact) mass is 362 g/mol. The second kappa shape index (κ2) is 7.49. The van der Waals surface area contributed by atoms with E-state index in [1.807, 2.05) is 42.5 Å². The Labute approximate surface area is 156 Å². The number of H-pyrrole nitrogens is 2. The van der Waals surface area contributed by atoms with Gasteiger partial charge in [-0.15, -0.1) is 5.10 Å². The highest BCUT2D eigenvalue weighted by Gasteiger charge is 2.16. The Hall–Kier alpha value is -3.35. The Kier molecular flexibility index (Phi) is 4.74. The van der Waals surface area contributed by atoms with E-state index in [1.54, 1.807) is 10.7 Å². The molecule has 0 aliphatic heterocycles. The first kappa shape index (κ1) is 17.1. The van der Waals surface area contributed by atoms with Gasteiger partial charge in [0.15, 0.2) is 0 Å². The van der Waals surface area contributed by atoms with Gasteiger partial charge in [0.05, 0.1) is 22.5 Å². The summed E-state index contributed by atoms with van der Waals surface area (Å²) in [6, 6.07) is 15.4. The van der Waals surface area contributed by atoms with Crippen LogP contribution in [-0.2, 0) is 6.54 Å². The molecule has 0 spiro atoms. The summed E-state index contributed by atoms with van der Waals surface area (Å²) < 4.78 is 1.66. The number of unbranched alkanes of at least 4 members (excludes halogenated alkanes) is 2. The molecular formula is C20H22N6O. The normalized spacial score (nSPS) is 11.1. The van der Waals surface area contributed by atoms with Crippen molar-refractivity contribution in [2.45, 2.75) is 32.7 Å². The first-order valence-corrected chi connectivity index (χ1v) is 9.22. The van der Waals surface area contributed by atoms with Crippen molar-refractivity contribution >= 4 is 22.4 Å². The molecule has 0 saturated heterocycles. The Balaban J connectivity index is 1.78. The van der Waals surface area contributed by atoms with Crippen LogP contribution in [0.15, 0.2) is 53.3 Å². The first-order valence-electron chi connectivity index (χ1n) is 9.22. The summed E-state index contributed by atoms with van der Waals surface area (Å²) in [5.41, 5.74) is 4.90. The van der Waals surface area contributed by atoms with Crippen molar-refractivity contribution in [3.63, 3.8) is 0 Å². The second-order valence-corrected chi connectivity index (χ2v) is 6.55. The molecule has 0 amide bonds. The number of hydrogen-bond donors (Lipinski definition) is 3. The molecule has 2 aromatic heterocycles. The number of aryl methyl sites for hydroxylation is 1. The third-order valence-electron chi connectivity index (χ3n) is 4.60. The maximum absolute atomic E-state index is 12.4. The van der Waals surface area contributed by atoms with Crippen molar-refractivity contribution < 1.29 is 0 Å². The van der Waals surface area contributed by atoms with E-state index in [0.29, 0.717) is 6.54 Å². The van der Waals surface area contributed by atoms with Gasteiger partial charge in [-0.25, -0.2) is 0 Å². The molecule has 3 N–H and O–H groups in total. The number of benzene rings is 2. The fraction of sp³-hybridized carbons (Fsp3) is 0.250. The fourth-order valence-electron chi connectivity index (χ4n) is 3.22. The topological polar surface area (TPSA) is 91.4 Å². The first-order chi connectivity index (χ1) is 13.3. The third-order valence-corrected chi connectivity index (χ3v) is 4.60.